The molecule has 0 bridgehead atoms. The Labute approximate surface area is 131 Å². The van der Waals surface area contributed by atoms with Crippen LogP contribution in [0.4, 0.5) is 6.01 Å². The summed E-state index contributed by atoms with van der Waals surface area (Å²) in [5.74, 6) is 0. The van der Waals surface area contributed by atoms with Crippen LogP contribution < -0.4 is 10.2 Å². The molecule has 2 rings (SSSR count). The minimum absolute atomic E-state index is 0.0772. The van der Waals surface area contributed by atoms with Gasteiger partial charge in [-0.1, -0.05) is 6.07 Å². The molecule has 0 unspecified atom stereocenters. The molecule has 2 aromatic rings. The highest BCUT2D eigenvalue weighted by atomic mass is 32.1. The molecule has 0 spiro atoms. The van der Waals surface area contributed by atoms with Gasteiger partial charge in [0.1, 0.15) is 6.26 Å². The van der Waals surface area contributed by atoms with Gasteiger partial charge in [0, 0.05) is 23.0 Å². The van der Waals surface area contributed by atoms with E-state index in [1.165, 1.54) is 4.88 Å². The van der Waals surface area contributed by atoms with Gasteiger partial charge in [0.25, 0.3) is 6.01 Å². The maximum absolute atomic E-state index is 5.68. The molecule has 0 saturated heterocycles. The molecule has 2 aromatic heterocycles. The number of rotatable bonds is 6. The van der Waals surface area contributed by atoms with Crippen molar-refractivity contribution in [3.05, 3.63) is 34.3 Å². The number of aromatic nitrogens is 1. The summed E-state index contributed by atoms with van der Waals surface area (Å²) in [7, 11) is 0. The van der Waals surface area contributed by atoms with Gasteiger partial charge in [-0.2, -0.15) is 4.98 Å². The Balaban J connectivity index is 2.05. The molecule has 5 heteroatoms. The lowest BCUT2D eigenvalue weighted by molar-refractivity contribution is 0.421. The van der Waals surface area contributed by atoms with Gasteiger partial charge in [-0.25, -0.2) is 0 Å². The number of nitrogens with zero attached hydrogens (tertiary/aromatic N) is 2. The minimum atomic E-state index is 0.0772. The minimum Gasteiger partial charge on any atom is -0.432 e. The first-order chi connectivity index (χ1) is 9.85. The molecule has 2 heterocycles. The van der Waals surface area contributed by atoms with Crippen molar-refractivity contribution in [3.8, 4) is 0 Å². The number of hydrogen-bond acceptors (Lipinski definition) is 5. The lowest BCUT2D eigenvalue weighted by Gasteiger charge is -2.24. The Kier molecular flexibility index (Phi) is 5.06. The summed E-state index contributed by atoms with van der Waals surface area (Å²) >= 11 is 1.76. The third-order valence-electron chi connectivity index (χ3n) is 3.11. The van der Waals surface area contributed by atoms with Crippen LogP contribution in [0.5, 0.6) is 0 Å². The summed E-state index contributed by atoms with van der Waals surface area (Å²) in [5, 5.41) is 5.53. The van der Waals surface area contributed by atoms with E-state index in [9.17, 15) is 0 Å². The SMILES string of the molecule is CC(C)N(Cc1cccs1)c1nc(CNC(C)(C)C)co1. The van der Waals surface area contributed by atoms with Crippen LogP contribution in [-0.4, -0.2) is 16.6 Å². The van der Waals surface area contributed by atoms with Crippen molar-refractivity contribution in [3.63, 3.8) is 0 Å². The van der Waals surface area contributed by atoms with E-state index in [0.717, 1.165) is 18.8 Å². The molecule has 0 saturated carbocycles. The second kappa shape index (κ2) is 6.62. The van der Waals surface area contributed by atoms with E-state index in [0.29, 0.717) is 12.1 Å². The van der Waals surface area contributed by atoms with E-state index < -0.39 is 0 Å². The predicted octanol–water partition coefficient (Wildman–Crippen LogP) is 4.04. The fourth-order valence-corrected chi connectivity index (χ4v) is 2.61. The predicted molar refractivity (Wildman–Crippen MR) is 88.7 cm³/mol. The monoisotopic (exact) mass is 307 g/mol. The number of hydrogen-bond donors (Lipinski definition) is 1. The molecule has 116 valence electrons. The lowest BCUT2D eigenvalue weighted by atomic mass is 10.1. The van der Waals surface area contributed by atoms with Gasteiger partial charge in [0.05, 0.1) is 12.2 Å². The summed E-state index contributed by atoms with van der Waals surface area (Å²) in [4.78, 5) is 8.12. The molecular formula is C16H25N3OS. The van der Waals surface area contributed by atoms with E-state index >= 15 is 0 Å². The van der Waals surface area contributed by atoms with Crippen LogP contribution in [0.25, 0.3) is 0 Å². The van der Waals surface area contributed by atoms with Crippen LogP contribution in [0.2, 0.25) is 0 Å². The Morgan fingerprint density at radius 3 is 2.71 bits per heavy atom. The fourth-order valence-electron chi connectivity index (χ4n) is 1.91. The number of oxazole rings is 1. The maximum atomic E-state index is 5.68. The molecule has 4 nitrogen and oxygen atoms in total. The van der Waals surface area contributed by atoms with Gasteiger partial charge < -0.3 is 14.6 Å². The summed E-state index contributed by atoms with van der Waals surface area (Å²) < 4.78 is 5.68. The summed E-state index contributed by atoms with van der Waals surface area (Å²) in [6.07, 6.45) is 1.75. The topological polar surface area (TPSA) is 41.3 Å². The van der Waals surface area contributed by atoms with Crippen molar-refractivity contribution in [2.75, 3.05) is 4.90 Å². The van der Waals surface area contributed by atoms with Gasteiger partial charge in [0.2, 0.25) is 0 Å². The summed E-state index contributed by atoms with van der Waals surface area (Å²) in [6.45, 7) is 12.3. The first-order valence-electron chi connectivity index (χ1n) is 7.33. The summed E-state index contributed by atoms with van der Waals surface area (Å²) in [6, 6.07) is 5.26. The summed E-state index contributed by atoms with van der Waals surface area (Å²) in [5.41, 5.74) is 1.02. The largest absolute Gasteiger partial charge is 0.432 e. The third-order valence-corrected chi connectivity index (χ3v) is 3.98. The van der Waals surface area contributed by atoms with Crippen LogP contribution in [0.3, 0.4) is 0 Å². The fraction of sp³-hybridized carbons (Fsp3) is 0.562. The molecule has 0 aromatic carbocycles. The van der Waals surface area contributed by atoms with Gasteiger partial charge >= 0.3 is 0 Å². The molecule has 0 aliphatic carbocycles. The quantitative estimate of drug-likeness (QED) is 0.874. The van der Waals surface area contributed by atoms with Crippen LogP contribution >= 0.6 is 11.3 Å². The van der Waals surface area contributed by atoms with E-state index in [-0.39, 0.29) is 5.54 Å². The van der Waals surface area contributed by atoms with Crippen molar-refractivity contribution in [2.24, 2.45) is 0 Å². The standard InChI is InChI=1S/C16H25N3OS/c1-12(2)19(10-14-7-6-8-21-14)15-18-13(11-20-15)9-17-16(3,4)5/h6-8,11-12,17H,9-10H2,1-5H3. The lowest BCUT2D eigenvalue weighted by Crippen LogP contribution is -2.35. The zero-order valence-electron chi connectivity index (χ0n) is 13.5. The van der Waals surface area contributed by atoms with Crippen molar-refractivity contribution in [1.29, 1.82) is 0 Å². The van der Waals surface area contributed by atoms with Gasteiger partial charge in [-0.15, -0.1) is 11.3 Å². The van der Waals surface area contributed by atoms with E-state index in [1.54, 1.807) is 17.6 Å². The van der Waals surface area contributed by atoms with Crippen LogP contribution in [0.1, 0.15) is 45.2 Å². The molecule has 21 heavy (non-hydrogen) atoms. The second-order valence-electron chi connectivity index (χ2n) is 6.53. The molecule has 0 aliphatic rings. The molecular weight excluding hydrogens is 282 g/mol. The van der Waals surface area contributed by atoms with Gasteiger partial charge in [-0.05, 0) is 46.1 Å². The Morgan fingerprint density at radius 1 is 1.38 bits per heavy atom. The van der Waals surface area contributed by atoms with E-state index in [2.05, 4.69) is 67.3 Å². The smallest absolute Gasteiger partial charge is 0.298 e. The van der Waals surface area contributed by atoms with Crippen LogP contribution in [-0.2, 0) is 13.1 Å². The molecule has 0 aliphatic heterocycles. The highest BCUT2D eigenvalue weighted by Gasteiger charge is 2.18. The molecule has 1 N–H and O–H groups in total. The second-order valence-corrected chi connectivity index (χ2v) is 7.56. The molecule has 0 radical (unpaired) electrons. The number of nitrogens with one attached hydrogen (secondary N) is 1. The van der Waals surface area contributed by atoms with Crippen LogP contribution in [0, 0.1) is 0 Å². The zero-order valence-corrected chi connectivity index (χ0v) is 14.3. The first-order valence-corrected chi connectivity index (χ1v) is 8.21. The molecule has 0 atom stereocenters. The van der Waals surface area contributed by atoms with Gasteiger partial charge in [-0.3, -0.25) is 0 Å². The van der Waals surface area contributed by atoms with Crippen molar-refractivity contribution in [1.82, 2.24) is 10.3 Å². The Bertz CT molecular complexity index is 540. The zero-order chi connectivity index (χ0) is 15.5. The van der Waals surface area contributed by atoms with Crippen molar-refractivity contribution in [2.45, 2.75) is 59.3 Å². The first kappa shape index (κ1) is 16.0. The normalized spacial score (nSPS) is 12.1. The molecule has 0 fully saturated rings. The average Bonchev–Trinajstić information content (AvgIpc) is 3.04. The number of anilines is 1. The highest BCUT2D eigenvalue weighted by molar-refractivity contribution is 7.09. The van der Waals surface area contributed by atoms with Gasteiger partial charge in [0.15, 0.2) is 0 Å². The third kappa shape index (κ3) is 4.86. The van der Waals surface area contributed by atoms with E-state index in [1.807, 2.05) is 0 Å². The van der Waals surface area contributed by atoms with Crippen molar-refractivity contribution < 1.29 is 4.42 Å². The molecule has 0 amide bonds. The van der Waals surface area contributed by atoms with Crippen molar-refractivity contribution >= 4 is 17.4 Å². The van der Waals surface area contributed by atoms with Crippen LogP contribution in [0.15, 0.2) is 28.2 Å². The maximum Gasteiger partial charge on any atom is 0.298 e. The average molecular weight is 307 g/mol. The van der Waals surface area contributed by atoms with E-state index in [4.69, 9.17) is 4.42 Å². The highest BCUT2D eigenvalue weighted by Crippen LogP contribution is 2.21. The number of thiophene rings is 1. The Hall–Kier alpha value is -1.33. The Morgan fingerprint density at radius 2 is 2.14 bits per heavy atom.